The van der Waals surface area contributed by atoms with Crippen molar-refractivity contribution in [3.05, 3.63) is 0 Å². The normalized spacial score (nSPS) is 34.7. The Kier molecular flexibility index (Phi) is 4.33. The average molecular weight is 348 g/mol. The molecule has 4 rings (SSSR count). The standard InChI is InChI=1S/C20H33N3O2/c1-3-21-14-17-19(8-12-22(13-9-19)16(2)24)6-7-20(17,15-21)18(25)23-10-4-5-11-23/h17H,3-15H2,1-2H3/t17-,20+/m0/s1. The number of rotatable bonds is 2. The van der Waals surface area contributed by atoms with Crippen molar-refractivity contribution < 1.29 is 9.59 Å². The molecule has 140 valence electrons. The Balaban J connectivity index is 1.59. The Bertz CT molecular complexity index is 549. The number of piperidine rings is 1. The number of fused-ring (bicyclic) bond motifs is 2. The smallest absolute Gasteiger partial charge is 0.230 e. The molecule has 1 aliphatic carbocycles. The monoisotopic (exact) mass is 347 g/mol. The molecule has 5 nitrogen and oxygen atoms in total. The molecule has 0 aromatic rings. The van der Waals surface area contributed by atoms with Gasteiger partial charge in [-0.1, -0.05) is 6.92 Å². The quantitative estimate of drug-likeness (QED) is 0.767. The molecule has 2 atom stereocenters. The second-order valence-electron chi connectivity index (χ2n) is 8.90. The van der Waals surface area contributed by atoms with E-state index in [-0.39, 0.29) is 16.7 Å². The summed E-state index contributed by atoms with van der Waals surface area (Å²) in [4.78, 5) is 31.9. The summed E-state index contributed by atoms with van der Waals surface area (Å²) in [5, 5.41) is 0. The van der Waals surface area contributed by atoms with Crippen LogP contribution in [0.3, 0.4) is 0 Å². The molecule has 3 saturated heterocycles. The maximum Gasteiger partial charge on any atom is 0.230 e. The van der Waals surface area contributed by atoms with Gasteiger partial charge in [0.1, 0.15) is 0 Å². The minimum atomic E-state index is -0.140. The fourth-order valence-electron chi connectivity index (χ4n) is 6.35. The highest BCUT2D eigenvalue weighted by atomic mass is 16.2. The Hall–Kier alpha value is -1.10. The van der Waals surface area contributed by atoms with Gasteiger partial charge in [0.05, 0.1) is 5.41 Å². The molecule has 1 spiro atoms. The second-order valence-corrected chi connectivity index (χ2v) is 8.90. The number of carbonyl (C=O) groups is 2. The molecule has 3 aliphatic heterocycles. The highest BCUT2D eigenvalue weighted by molar-refractivity contribution is 5.84. The minimum Gasteiger partial charge on any atom is -0.343 e. The Labute approximate surface area is 151 Å². The number of hydrogen-bond acceptors (Lipinski definition) is 3. The van der Waals surface area contributed by atoms with E-state index < -0.39 is 0 Å². The third-order valence-electron chi connectivity index (χ3n) is 7.89. The van der Waals surface area contributed by atoms with E-state index in [0.717, 1.165) is 65.1 Å². The predicted molar refractivity (Wildman–Crippen MR) is 97.0 cm³/mol. The van der Waals surface area contributed by atoms with Gasteiger partial charge in [-0.25, -0.2) is 0 Å². The van der Waals surface area contributed by atoms with Crippen LogP contribution in [0.25, 0.3) is 0 Å². The van der Waals surface area contributed by atoms with Gasteiger partial charge < -0.3 is 14.7 Å². The van der Waals surface area contributed by atoms with Crippen LogP contribution in [0.2, 0.25) is 0 Å². The molecule has 5 heteroatoms. The number of amides is 2. The van der Waals surface area contributed by atoms with Crippen LogP contribution in [0.4, 0.5) is 0 Å². The SMILES string of the molecule is CCN1C[C@H]2C3(CCN(C(C)=O)CC3)CC[C@@]2(C(=O)N2CCCC2)C1. The average Bonchev–Trinajstić information content (AvgIpc) is 3.32. The van der Waals surface area contributed by atoms with Gasteiger partial charge in [0.25, 0.3) is 0 Å². The summed E-state index contributed by atoms with van der Waals surface area (Å²) in [6, 6.07) is 0. The first-order chi connectivity index (χ1) is 12.0. The van der Waals surface area contributed by atoms with Crippen LogP contribution >= 0.6 is 0 Å². The lowest BCUT2D eigenvalue weighted by molar-refractivity contribution is -0.143. The van der Waals surface area contributed by atoms with Gasteiger partial charge in [0, 0.05) is 46.2 Å². The molecule has 0 bridgehead atoms. The fourth-order valence-corrected chi connectivity index (χ4v) is 6.35. The molecular formula is C20H33N3O2. The van der Waals surface area contributed by atoms with Gasteiger partial charge in [0.15, 0.2) is 0 Å². The number of likely N-dealkylation sites (tertiary alicyclic amines) is 3. The van der Waals surface area contributed by atoms with Crippen LogP contribution in [0.5, 0.6) is 0 Å². The lowest BCUT2D eigenvalue weighted by Crippen LogP contribution is -2.50. The van der Waals surface area contributed by atoms with Crippen molar-refractivity contribution in [3.8, 4) is 0 Å². The predicted octanol–water partition coefficient (Wildman–Crippen LogP) is 1.97. The lowest BCUT2D eigenvalue weighted by Gasteiger charge is -2.44. The zero-order valence-electron chi connectivity index (χ0n) is 15.9. The first-order valence-corrected chi connectivity index (χ1v) is 10.3. The maximum atomic E-state index is 13.5. The van der Waals surface area contributed by atoms with Crippen LogP contribution in [-0.2, 0) is 9.59 Å². The zero-order chi connectivity index (χ0) is 17.7. The third-order valence-corrected chi connectivity index (χ3v) is 7.89. The van der Waals surface area contributed by atoms with Crippen molar-refractivity contribution >= 4 is 11.8 Å². The molecular weight excluding hydrogens is 314 g/mol. The van der Waals surface area contributed by atoms with Crippen LogP contribution in [0, 0.1) is 16.7 Å². The molecule has 25 heavy (non-hydrogen) atoms. The van der Waals surface area contributed by atoms with Gasteiger partial charge in [0.2, 0.25) is 11.8 Å². The van der Waals surface area contributed by atoms with E-state index in [2.05, 4.69) is 16.7 Å². The van der Waals surface area contributed by atoms with Crippen molar-refractivity contribution in [1.29, 1.82) is 0 Å². The zero-order valence-corrected chi connectivity index (χ0v) is 15.9. The minimum absolute atomic E-state index is 0.140. The van der Waals surface area contributed by atoms with Gasteiger partial charge in [-0.15, -0.1) is 0 Å². The first kappa shape index (κ1) is 17.3. The summed E-state index contributed by atoms with van der Waals surface area (Å²) < 4.78 is 0. The summed E-state index contributed by atoms with van der Waals surface area (Å²) in [7, 11) is 0. The van der Waals surface area contributed by atoms with Crippen molar-refractivity contribution in [2.24, 2.45) is 16.7 Å². The van der Waals surface area contributed by atoms with Crippen molar-refractivity contribution in [3.63, 3.8) is 0 Å². The highest BCUT2D eigenvalue weighted by Crippen LogP contribution is 2.62. The summed E-state index contributed by atoms with van der Waals surface area (Å²) >= 11 is 0. The van der Waals surface area contributed by atoms with Gasteiger partial charge in [-0.2, -0.15) is 0 Å². The summed E-state index contributed by atoms with van der Waals surface area (Å²) in [5.74, 6) is 1.15. The van der Waals surface area contributed by atoms with Crippen molar-refractivity contribution in [2.45, 2.75) is 52.4 Å². The molecule has 2 amide bonds. The molecule has 0 unspecified atom stereocenters. The maximum absolute atomic E-state index is 13.5. The second kappa shape index (κ2) is 6.26. The van der Waals surface area contributed by atoms with Crippen LogP contribution in [0.1, 0.15) is 52.4 Å². The summed E-state index contributed by atoms with van der Waals surface area (Å²) in [6.07, 6.45) is 6.75. The molecule has 4 aliphatic rings. The first-order valence-electron chi connectivity index (χ1n) is 10.3. The van der Waals surface area contributed by atoms with E-state index in [1.165, 1.54) is 19.3 Å². The molecule has 0 aromatic heterocycles. The van der Waals surface area contributed by atoms with E-state index in [9.17, 15) is 9.59 Å². The van der Waals surface area contributed by atoms with E-state index in [4.69, 9.17) is 0 Å². The molecule has 0 aromatic carbocycles. The van der Waals surface area contributed by atoms with Crippen molar-refractivity contribution in [1.82, 2.24) is 14.7 Å². The highest BCUT2D eigenvalue weighted by Gasteiger charge is 2.64. The number of nitrogens with zero attached hydrogens (tertiary/aromatic N) is 3. The van der Waals surface area contributed by atoms with Crippen LogP contribution < -0.4 is 0 Å². The molecule has 0 N–H and O–H groups in total. The van der Waals surface area contributed by atoms with Crippen molar-refractivity contribution in [2.75, 3.05) is 45.8 Å². The number of hydrogen-bond donors (Lipinski definition) is 0. The van der Waals surface area contributed by atoms with E-state index >= 15 is 0 Å². The van der Waals surface area contributed by atoms with E-state index in [0.29, 0.717) is 11.8 Å². The number of carbonyl (C=O) groups excluding carboxylic acids is 2. The Morgan fingerprint density at radius 3 is 2.24 bits per heavy atom. The van der Waals surface area contributed by atoms with Gasteiger partial charge in [-0.3, -0.25) is 9.59 Å². The summed E-state index contributed by atoms with van der Waals surface area (Å²) in [6.45, 7) is 10.7. The third kappa shape index (κ3) is 2.61. The Morgan fingerprint density at radius 1 is 0.960 bits per heavy atom. The van der Waals surface area contributed by atoms with Crippen LogP contribution in [-0.4, -0.2) is 72.3 Å². The summed E-state index contributed by atoms with van der Waals surface area (Å²) in [5.41, 5.74) is 0.143. The molecule has 0 radical (unpaired) electrons. The van der Waals surface area contributed by atoms with E-state index in [1.54, 1.807) is 6.92 Å². The van der Waals surface area contributed by atoms with E-state index in [1.807, 2.05) is 4.90 Å². The van der Waals surface area contributed by atoms with Gasteiger partial charge in [-0.05, 0) is 56.4 Å². The largest absolute Gasteiger partial charge is 0.343 e. The Morgan fingerprint density at radius 2 is 1.64 bits per heavy atom. The lowest BCUT2D eigenvalue weighted by atomic mass is 9.65. The molecule has 1 saturated carbocycles. The topological polar surface area (TPSA) is 43.9 Å². The molecule has 4 fully saturated rings. The van der Waals surface area contributed by atoms with Crippen LogP contribution in [0.15, 0.2) is 0 Å². The molecule has 3 heterocycles. The fraction of sp³-hybridized carbons (Fsp3) is 0.900. The van der Waals surface area contributed by atoms with Gasteiger partial charge >= 0.3 is 0 Å².